The molecule has 2 aliphatic heterocycles. The molecular formula is C24H25N5O3. The van der Waals surface area contributed by atoms with Gasteiger partial charge in [0, 0.05) is 43.4 Å². The Morgan fingerprint density at radius 3 is 2.91 bits per heavy atom. The molecule has 0 saturated heterocycles. The minimum absolute atomic E-state index is 0.314. The number of hydrogen-bond acceptors (Lipinski definition) is 6. The summed E-state index contributed by atoms with van der Waals surface area (Å²) in [6, 6.07) is 11.5. The number of aliphatic imine (C=N–C) groups is 1. The van der Waals surface area contributed by atoms with Gasteiger partial charge < -0.3 is 14.7 Å². The summed E-state index contributed by atoms with van der Waals surface area (Å²) in [5.74, 6) is 0.948. The highest BCUT2D eigenvalue weighted by Crippen LogP contribution is 2.32. The average Bonchev–Trinajstić information content (AvgIpc) is 3.31. The van der Waals surface area contributed by atoms with Crippen LogP contribution in [0.25, 0.3) is 11.3 Å². The molecule has 0 radical (unpaired) electrons. The number of aryl methyl sites for hydroxylation is 2. The van der Waals surface area contributed by atoms with E-state index in [4.69, 9.17) is 4.74 Å². The first-order chi connectivity index (χ1) is 15.5. The number of carbonyl (C=O) groups excluding carboxylic acids is 1. The monoisotopic (exact) mass is 431 g/mol. The topological polar surface area (TPSA) is 92.8 Å². The number of para-hydroxylation sites is 1. The van der Waals surface area contributed by atoms with Crippen molar-refractivity contribution < 1.29 is 14.6 Å². The van der Waals surface area contributed by atoms with Gasteiger partial charge in [-0.2, -0.15) is 10.1 Å². The second-order valence-corrected chi connectivity index (χ2v) is 8.24. The number of fused-ring (bicyclic) bond motifs is 7. The Morgan fingerprint density at radius 2 is 2.03 bits per heavy atom. The molecule has 5 rings (SSSR count). The number of hydrogen-bond donors (Lipinski definition) is 1. The highest BCUT2D eigenvalue weighted by Gasteiger charge is 2.27. The van der Waals surface area contributed by atoms with Crippen molar-refractivity contribution in [2.24, 2.45) is 12.0 Å². The molecule has 32 heavy (non-hydrogen) atoms. The van der Waals surface area contributed by atoms with E-state index in [9.17, 15) is 9.90 Å². The summed E-state index contributed by atoms with van der Waals surface area (Å²) in [4.78, 5) is 24.4. The lowest BCUT2D eigenvalue weighted by molar-refractivity contribution is 0.100. The van der Waals surface area contributed by atoms with E-state index in [2.05, 4.69) is 21.1 Å². The summed E-state index contributed by atoms with van der Waals surface area (Å²) < 4.78 is 7.62. The molecule has 8 heteroatoms. The molecule has 1 atom stereocenters. The van der Waals surface area contributed by atoms with Gasteiger partial charge in [0.15, 0.2) is 0 Å². The number of aromatic nitrogens is 3. The first-order valence-electron chi connectivity index (χ1n) is 10.8. The zero-order chi connectivity index (χ0) is 22.2. The summed E-state index contributed by atoms with van der Waals surface area (Å²) >= 11 is 0. The third-order valence-electron chi connectivity index (χ3n) is 5.91. The Balaban J connectivity index is 1.60. The Hall–Kier alpha value is -3.52. The summed E-state index contributed by atoms with van der Waals surface area (Å²) in [6.07, 6.45) is 2.75. The van der Waals surface area contributed by atoms with Crippen LogP contribution < -0.4 is 9.64 Å². The van der Waals surface area contributed by atoms with E-state index in [0.717, 1.165) is 11.3 Å². The molecule has 1 N–H and O–H groups in total. The first kappa shape index (κ1) is 20.4. The zero-order valence-corrected chi connectivity index (χ0v) is 18.2. The lowest BCUT2D eigenvalue weighted by Gasteiger charge is -2.22. The second-order valence-electron chi connectivity index (χ2n) is 8.24. The van der Waals surface area contributed by atoms with Crippen LogP contribution in [-0.4, -0.2) is 50.9 Å². The molecule has 2 bridgehead atoms. The fourth-order valence-electron chi connectivity index (χ4n) is 4.28. The third-order valence-corrected chi connectivity index (χ3v) is 5.91. The maximum absolute atomic E-state index is 13.2. The fourth-order valence-corrected chi connectivity index (χ4v) is 4.28. The highest BCUT2D eigenvalue weighted by molar-refractivity contribution is 6.12. The van der Waals surface area contributed by atoms with E-state index >= 15 is 0 Å². The average molecular weight is 431 g/mol. The van der Waals surface area contributed by atoms with Gasteiger partial charge in [-0.3, -0.25) is 9.78 Å². The molecular weight excluding hydrogens is 406 g/mol. The van der Waals surface area contributed by atoms with Crippen molar-refractivity contribution in [3.05, 3.63) is 59.4 Å². The number of ether oxygens (including phenoxy) is 1. The number of nitrogens with zero attached hydrogens (tertiary/aromatic N) is 5. The van der Waals surface area contributed by atoms with Crippen LogP contribution in [0.5, 0.6) is 5.88 Å². The second kappa shape index (κ2) is 8.20. The van der Waals surface area contributed by atoms with E-state index in [-0.39, 0.29) is 5.91 Å². The molecule has 0 fully saturated rings. The summed E-state index contributed by atoms with van der Waals surface area (Å²) in [5.41, 5.74) is 4.67. The van der Waals surface area contributed by atoms with Crippen molar-refractivity contribution >= 4 is 17.4 Å². The Bertz CT molecular complexity index is 1220. The normalized spacial score (nSPS) is 18.6. The van der Waals surface area contributed by atoms with Crippen molar-refractivity contribution in [1.29, 1.82) is 0 Å². The number of aliphatic hydroxyl groups excluding tert-OH is 1. The fraction of sp³-hybridized carbons (Fsp3) is 0.333. The number of anilines is 1. The molecule has 0 unspecified atom stereocenters. The molecule has 8 nitrogen and oxygen atoms in total. The number of amides is 1. The minimum Gasteiger partial charge on any atom is -0.477 e. The summed E-state index contributed by atoms with van der Waals surface area (Å²) in [5, 5.41) is 14.9. The van der Waals surface area contributed by atoms with Crippen molar-refractivity contribution in [1.82, 2.24) is 14.8 Å². The maximum Gasteiger partial charge on any atom is 0.278 e. The molecule has 4 heterocycles. The smallest absolute Gasteiger partial charge is 0.278 e. The predicted octanol–water partition coefficient (Wildman–Crippen LogP) is 2.93. The first-order valence-corrected chi connectivity index (χ1v) is 10.8. The Morgan fingerprint density at radius 1 is 1.19 bits per heavy atom. The number of carbonyl (C=O) groups is 1. The van der Waals surface area contributed by atoms with Gasteiger partial charge in [0.2, 0.25) is 5.88 Å². The SMILES string of the molecule is Cc1cc2cc(n1)-c1cnn(C)c1OCC[C@@H](O)CCN1C(=NC2=O)Cc2ccccc21. The summed E-state index contributed by atoms with van der Waals surface area (Å²) in [6.45, 7) is 2.78. The number of rotatable bonds is 0. The summed E-state index contributed by atoms with van der Waals surface area (Å²) in [7, 11) is 1.79. The Kier molecular flexibility index (Phi) is 5.22. The molecule has 1 amide bonds. The van der Waals surface area contributed by atoms with E-state index in [0.29, 0.717) is 66.6 Å². The number of aliphatic hydroxyl groups is 1. The Labute approximate surface area is 186 Å². The van der Waals surface area contributed by atoms with Crippen LogP contribution in [0.3, 0.4) is 0 Å². The predicted molar refractivity (Wildman–Crippen MR) is 121 cm³/mol. The van der Waals surface area contributed by atoms with Crippen molar-refractivity contribution in [2.45, 2.75) is 32.3 Å². The van der Waals surface area contributed by atoms with Gasteiger partial charge in [-0.25, -0.2) is 4.68 Å². The van der Waals surface area contributed by atoms with Crippen molar-refractivity contribution in [3.63, 3.8) is 0 Å². The van der Waals surface area contributed by atoms with Crippen LogP contribution in [0.4, 0.5) is 5.69 Å². The van der Waals surface area contributed by atoms with Gasteiger partial charge in [-0.1, -0.05) is 18.2 Å². The van der Waals surface area contributed by atoms with Crippen LogP contribution in [0.2, 0.25) is 0 Å². The van der Waals surface area contributed by atoms with Crippen LogP contribution in [0, 0.1) is 6.92 Å². The van der Waals surface area contributed by atoms with Crippen LogP contribution in [0.1, 0.15) is 34.5 Å². The van der Waals surface area contributed by atoms with E-state index in [1.54, 1.807) is 30.1 Å². The zero-order valence-electron chi connectivity index (χ0n) is 18.2. The number of benzene rings is 1. The highest BCUT2D eigenvalue weighted by atomic mass is 16.5. The molecule has 2 aromatic heterocycles. The van der Waals surface area contributed by atoms with Gasteiger partial charge in [0.05, 0.1) is 30.2 Å². The van der Waals surface area contributed by atoms with Gasteiger partial charge in [0.1, 0.15) is 5.84 Å². The van der Waals surface area contributed by atoms with E-state index in [1.807, 2.05) is 30.0 Å². The molecule has 3 aromatic rings. The molecule has 0 aliphatic carbocycles. The lowest BCUT2D eigenvalue weighted by atomic mass is 10.1. The standard InChI is InChI=1S/C24H25N5O3/c1-15-11-17-12-20(26-15)19-14-25-28(2)24(19)32-10-8-18(30)7-9-29-21-6-4-3-5-16(21)13-22(29)27-23(17)31/h3-6,11-12,14,18,30H,7-10,13H2,1-2H3/t18-/m0/s1. The number of pyridine rings is 1. The van der Waals surface area contributed by atoms with Crippen molar-refractivity contribution in [2.75, 3.05) is 18.1 Å². The maximum atomic E-state index is 13.2. The minimum atomic E-state index is -0.539. The van der Waals surface area contributed by atoms with Crippen LogP contribution in [-0.2, 0) is 13.5 Å². The molecule has 0 saturated carbocycles. The van der Waals surface area contributed by atoms with Crippen molar-refractivity contribution in [3.8, 4) is 17.1 Å². The van der Waals surface area contributed by atoms with Gasteiger partial charge in [0.25, 0.3) is 5.91 Å². The lowest BCUT2D eigenvalue weighted by Crippen LogP contribution is -2.31. The van der Waals surface area contributed by atoms with E-state index in [1.165, 1.54) is 0 Å². The molecule has 164 valence electrons. The molecule has 2 aliphatic rings. The largest absolute Gasteiger partial charge is 0.477 e. The number of amidine groups is 1. The third kappa shape index (κ3) is 3.78. The molecule has 0 spiro atoms. The van der Waals surface area contributed by atoms with Crippen LogP contribution in [0.15, 0.2) is 47.6 Å². The van der Waals surface area contributed by atoms with E-state index < -0.39 is 6.10 Å². The molecule has 1 aromatic carbocycles. The quantitative estimate of drug-likeness (QED) is 0.588. The van der Waals surface area contributed by atoms with Gasteiger partial charge in [-0.15, -0.1) is 0 Å². The van der Waals surface area contributed by atoms with Gasteiger partial charge in [-0.05, 0) is 37.1 Å². The van der Waals surface area contributed by atoms with Crippen LogP contribution >= 0.6 is 0 Å². The van der Waals surface area contributed by atoms with Gasteiger partial charge >= 0.3 is 0 Å².